The van der Waals surface area contributed by atoms with Gasteiger partial charge in [-0.25, -0.2) is 4.79 Å². The lowest BCUT2D eigenvalue weighted by Crippen LogP contribution is -2.47. The van der Waals surface area contributed by atoms with Gasteiger partial charge in [0.2, 0.25) is 11.8 Å². The van der Waals surface area contributed by atoms with Crippen molar-refractivity contribution in [3.63, 3.8) is 0 Å². The third kappa shape index (κ3) is 5.04. The molecule has 25 heavy (non-hydrogen) atoms. The molecule has 0 bridgehead atoms. The van der Waals surface area contributed by atoms with E-state index in [-0.39, 0.29) is 31.3 Å². The van der Waals surface area contributed by atoms with Crippen molar-refractivity contribution in [2.45, 2.75) is 26.3 Å². The minimum atomic E-state index is -1.07. The van der Waals surface area contributed by atoms with Gasteiger partial charge < -0.3 is 15.3 Å². The van der Waals surface area contributed by atoms with E-state index in [4.69, 9.17) is 0 Å². The maximum Gasteiger partial charge on any atom is 0.326 e. The Kier molecular flexibility index (Phi) is 6.11. The highest BCUT2D eigenvalue weighted by Gasteiger charge is 2.25. The molecule has 0 heterocycles. The van der Waals surface area contributed by atoms with Crippen LogP contribution in [-0.4, -0.2) is 46.9 Å². The first-order chi connectivity index (χ1) is 11.9. The summed E-state index contributed by atoms with van der Waals surface area (Å²) in [5.41, 5.74) is 0.825. The van der Waals surface area contributed by atoms with E-state index >= 15 is 0 Å². The van der Waals surface area contributed by atoms with Crippen LogP contribution >= 0.6 is 0 Å². The van der Waals surface area contributed by atoms with Crippen molar-refractivity contribution < 1.29 is 19.5 Å². The van der Waals surface area contributed by atoms with E-state index in [1.807, 2.05) is 42.5 Å². The Morgan fingerprint density at radius 1 is 1.12 bits per heavy atom. The first kappa shape index (κ1) is 18.4. The molecule has 0 radical (unpaired) electrons. The summed E-state index contributed by atoms with van der Waals surface area (Å²) >= 11 is 0. The van der Waals surface area contributed by atoms with Crippen molar-refractivity contribution in [2.24, 2.45) is 0 Å². The minimum Gasteiger partial charge on any atom is -0.480 e. The molecule has 2 rings (SSSR count). The smallest absolute Gasteiger partial charge is 0.326 e. The number of carboxylic acids is 1. The van der Waals surface area contributed by atoms with Crippen LogP contribution in [0.2, 0.25) is 0 Å². The third-order valence-electron chi connectivity index (χ3n) is 4.04. The topological polar surface area (TPSA) is 86.7 Å². The molecule has 0 aliphatic heterocycles. The van der Waals surface area contributed by atoms with E-state index in [9.17, 15) is 19.5 Å². The lowest BCUT2D eigenvalue weighted by Gasteiger charge is -2.26. The molecule has 0 fully saturated rings. The van der Waals surface area contributed by atoms with E-state index < -0.39 is 12.0 Å². The second kappa shape index (κ2) is 8.28. The lowest BCUT2D eigenvalue weighted by atomic mass is 10.0. The fraction of sp³-hybridized carbons (Fsp3) is 0.316. The summed E-state index contributed by atoms with van der Waals surface area (Å²) in [6.07, 6.45) is 0.114. The molecule has 0 spiro atoms. The molecule has 0 saturated heterocycles. The number of nitrogens with zero attached hydrogens (tertiary/aromatic N) is 1. The van der Waals surface area contributed by atoms with Crippen molar-refractivity contribution in [3.05, 3.63) is 48.0 Å². The van der Waals surface area contributed by atoms with Gasteiger partial charge in [-0.1, -0.05) is 42.5 Å². The predicted molar refractivity (Wildman–Crippen MR) is 95.1 cm³/mol. The maximum absolute atomic E-state index is 12.6. The van der Waals surface area contributed by atoms with Crippen LogP contribution in [0.4, 0.5) is 0 Å². The molecule has 1 unspecified atom stereocenters. The van der Waals surface area contributed by atoms with Gasteiger partial charge in [0.1, 0.15) is 6.04 Å². The Bertz CT molecular complexity index is 788. The summed E-state index contributed by atoms with van der Waals surface area (Å²) in [6.45, 7) is 3.21. The normalized spacial score (nSPS) is 11.8. The number of carbonyl (C=O) groups excluding carboxylic acids is 2. The highest BCUT2D eigenvalue weighted by Crippen LogP contribution is 2.17. The number of amides is 2. The molecule has 0 aromatic heterocycles. The molecule has 6 heteroatoms. The molecule has 0 aliphatic rings. The molecule has 1 atom stereocenters. The highest BCUT2D eigenvalue weighted by atomic mass is 16.4. The average Bonchev–Trinajstić information content (AvgIpc) is 2.57. The lowest BCUT2D eigenvalue weighted by molar-refractivity contribution is -0.149. The van der Waals surface area contributed by atoms with Crippen LogP contribution in [0, 0.1) is 0 Å². The number of carboxylic acid groups (broad SMARTS) is 1. The van der Waals surface area contributed by atoms with E-state index in [2.05, 4.69) is 5.32 Å². The van der Waals surface area contributed by atoms with Gasteiger partial charge in [-0.2, -0.15) is 0 Å². The van der Waals surface area contributed by atoms with Crippen LogP contribution in [0.3, 0.4) is 0 Å². The predicted octanol–water partition coefficient (Wildman–Crippen LogP) is 1.82. The number of hydrogen-bond donors (Lipinski definition) is 2. The van der Waals surface area contributed by atoms with Crippen LogP contribution in [0.5, 0.6) is 0 Å². The van der Waals surface area contributed by atoms with Crippen molar-refractivity contribution in [3.8, 4) is 0 Å². The zero-order valence-corrected chi connectivity index (χ0v) is 14.4. The zero-order valence-electron chi connectivity index (χ0n) is 14.4. The fourth-order valence-electron chi connectivity index (χ4n) is 2.64. The van der Waals surface area contributed by atoms with Gasteiger partial charge in [0.15, 0.2) is 0 Å². The van der Waals surface area contributed by atoms with Gasteiger partial charge in [-0.05, 0) is 23.3 Å². The summed E-state index contributed by atoms with van der Waals surface area (Å²) in [5, 5.41) is 13.9. The average molecular weight is 342 g/mol. The molecule has 2 aromatic carbocycles. The second-order valence-corrected chi connectivity index (χ2v) is 5.94. The number of aliphatic carboxylic acids is 1. The Balaban J connectivity index is 2.13. The maximum atomic E-state index is 12.6. The van der Waals surface area contributed by atoms with Crippen molar-refractivity contribution in [2.75, 3.05) is 13.1 Å². The molecular formula is C19H22N2O4. The molecule has 2 amide bonds. The minimum absolute atomic E-state index is 0.114. The summed E-state index contributed by atoms with van der Waals surface area (Å²) in [6, 6.07) is 12.6. The van der Waals surface area contributed by atoms with Crippen LogP contribution < -0.4 is 5.32 Å². The quantitative estimate of drug-likeness (QED) is 0.803. The largest absolute Gasteiger partial charge is 0.480 e. The van der Waals surface area contributed by atoms with Crippen molar-refractivity contribution in [1.82, 2.24) is 10.2 Å². The number of benzene rings is 2. The number of rotatable bonds is 7. The number of nitrogens with one attached hydrogen (secondary N) is 1. The van der Waals surface area contributed by atoms with E-state index in [1.54, 1.807) is 0 Å². The second-order valence-electron chi connectivity index (χ2n) is 5.94. The van der Waals surface area contributed by atoms with Gasteiger partial charge in [-0.15, -0.1) is 0 Å². The standard InChI is InChI=1S/C19H22N2O4/c1-13(19(24)25)21(10-9-20-14(2)22)18(23)12-15-7-8-16-5-3-4-6-17(16)11-15/h3-8,11,13H,9-10,12H2,1-2H3,(H,20,22)(H,24,25). The molecule has 2 N–H and O–H groups in total. The number of hydrogen-bond acceptors (Lipinski definition) is 3. The van der Waals surface area contributed by atoms with Crippen LogP contribution in [-0.2, 0) is 20.8 Å². The van der Waals surface area contributed by atoms with Gasteiger partial charge in [0.25, 0.3) is 0 Å². The Morgan fingerprint density at radius 3 is 2.44 bits per heavy atom. The van der Waals surface area contributed by atoms with Gasteiger partial charge in [0.05, 0.1) is 6.42 Å². The highest BCUT2D eigenvalue weighted by molar-refractivity contribution is 5.87. The molecule has 6 nitrogen and oxygen atoms in total. The molecule has 132 valence electrons. The van der Waals surface area contributed by atoms with Crippen LogP contribution in [0.15, 0.2) is 42.5 Å². The van der Waals surface area contributed by atoms with E-state index in [1.165, 1.54) is 18.7 Å². The summed E-state index contributed by atoms with van der Waals surface area (Å²) in [4.78, 5) is 36.2. The van der Waals surface area contributed by atoms with E-state index in [0.717, 1.165) is 16.3 Å². The monoisotopic (exact) mass is 342 g/mol. The Labute approximate surface area is 146 Å². The Morgan fingerprint density at radius 2 is 1.80 bits per heavy atom. The first-order valence-corrected chi connectivity index (χ1v) is 8.13. The summed E-state index contributed by atoms with van der Waals surface area (Å²) in [5.74, 6) is -1.57. The molecule has 2 aromatic rings. The molecule has 0 saturated carbocycles. The Hall–Kier alpha value is -2.89. The van der Waals surface area contributed by atoms with Crippen molar-refractivity contribution >= 4 is 28.6 Å². The molecular weight excluding hydrogens is 320 g/mol. The van der Waals surface area contributed by atoms with Gasteiger partial charge in [-0.3, -0.25) is 9.59 Å². The van der Waals surface area contributed by atoms with E-state index in [0.29, 0.717) is 0 Å². The van der Waals surface area contributed by atoms with Crippen LogP contribution in [0.1, 0.15) is 19.4 Å². The summed E-state index contributed by atoms with van der Waals surface area (Å²) in [7, 11) is 0. The first-order valence-electron chi connectivity index (χ1n) is 8.13. The number of fused-ring (bicyclic) bond motifs is 1. The summed E-state index contributed by atoms with van der Waals surface area (Å²) < 4.78 is 0. The zero-order chi connectivity index (χ0) is 18.4. The van der Waals surface area contributed by atoms with Crippen molar-refractivity contribution in [1.29, 1.82) is 0 Å². The van der Waals surface area contributed by atoms with Gasteiger partial charge in [0, 0.05) is 20.0 Å². The third-order valence-corrected chi connectivity index (χ3v) is 4.04. The number of carbonyl (C=O) groups is 3. The van der Waals surface area contributed by atoms with Crippen LogP contribution in [0.25, 0.3) is 10.8 Å². The molecule has 0 aliphatic carbocycles. The fourth-order valence-corrected chi connectivity index (χ4v) is 2.64. The van der Waals surface area contributed by atoms with Gasteiger partial charge >= 0.3 is 5.97 Å². The SMILES string of the molecule is CC(=O)NCCN(C(=O)Cc1ccc2ccccc2c1)C(C)C(=O)O.